The van der Waals surface area contributed by atoms with Crippen LogP contribution in [-0.4, -0.2) is 18.2 Å². The average molecular weight is 205 g/mol. The van der Waals surface area contributed by atoms with Crippen LogP contribution in [0, 0.1) is 5.92 Å². The first kappa shape index (κ1) is 10.5. The van der Waals surface area contributed by atoms with Crippen molar-refractivity contribution >= 4 is 0 Å². The van der Waals surface area contributed by atoms with Gasteiger partial charge in [0, 0.05) is 11.0 Å². The van der Waals surface area contributed by atoms with E-state index in [1.165, 1.54) is 0 Å². The molecule has 2 rings (SSSR count). The van der Waals surface area contributed by atoms with Crippen LogP contribution in [0.2, 0.25) is 0 Å². The lowest BCUT2D eigenvalue weighted by Gasteiger charge is -2.40. The molecule has 0 aromatic heterocycles. The lowest BCUT2D eigenvalue weighted by Crippen LogP contribution is -2.44. The zero-order valence-corrected chi connectivity index (χ0v) is 9.46. The smallest absolute Gasteiger partial charge is 0.119 e. The number of rotatable bonds is 1. The Morgan fingerprint density at radius 1 is 1.40 bits per heavy atom. The predicted molar refractivity (Wildman–Crippen MR) is 62.1 cm³/mol. The number of piperidine rings is 1. The van der Waals surface area contributed by atoms with E-state index in [4.69, 9.17) is 0 Å². The lowest BCUT2D eigenvalue weighted by atomic mass is 9.68. The first-order valence-corrected chi connectivity index (χ1v) is 5.64. The fraction of sp³-hybridized carbons (Fsp3) is 0.538. The van der Waals surface area contributed by atoms with Crippen molar-refractivity contribution in [2.75, 3.05) is 13.1 Å². The van der Waals surface area contributed by atoms with E-state index in [2.05, 4.69) is 25.2 Å². The Hall–Kier alpha value is -1.02. The standard InChI is InChI=1S/C13H19NO/c1-10-9-14-8-7-13(10,2)11-5-3-4-6-12(11)15/h3-6,10,14-15H,7-9H2,1-2H3. The molecule has 1 aromatic carbocycles. The Morgan fingerprint density at radius 2 is 2.13 bits per heavy atom. The van der Waals surface area contributed by atoms with E-state index >= 15 is 0 Å². The third-order valence-electron chi connectivity index (χ3n) is 3.88. The van der Waals surface area contributed by atoms with Crippen LogP contribution in [0.1, 0.15) is 25.8 Å². The third-order valence-corrected chi connectivity index (χ3v) is 3.88. The molecule has 0 amide bonds. The maximum absolute atomic E-state index is 9.93. The van der Waals surface area contributed by atoms with Crippen molar-refractivity contribution in [3.05, 3.63) is 29.8 Å². The highest BCUT2D eigenvalue weighted by molar-refractivity contribution is 5.39. The van der Waals surface area contributed by atoms with Gasteiger partial charge in [-0.1, -0.05) is 32.0 Å². The lowest BCUT2D eigenvalue weighted by molar-refractivity contribution is 0.232. The second-order valence-electron chi connectivity index (χ2n) is 4.79. The van der Waals surface area contributed by atoms with Crippen LogP contribution >= 0.6 is 0 Å². The zero-order valence-electron chi connectivity index (χ0n) is 9.46. The number of para-hydroxylation sites is 1. The van der Waals surface area contributed by atoms with E-state index in [1.807, 2.05) is 12.1 Å². The average Bonchev–Trinajstić information content (AvgIpc) is 2.23. The number of aromatic hydroxyl groups is 1. The third kappa shape index (κ3) is 1.74. The molecular formula is C13H19NO. The zero-order chi connectivity index (χ0) is 10.9. The highest BCUT2D eigenvalue weighted by Gasteiger charge is 2.36. The minimum atomic E-state index is 0.108. The molecule has 1 aromatic rings. The van der Waals surface area contributed by atoms with Gasteiger partial charge in [0.1, 0.15) is 5.75 Å². The van der Waals surface area contributed by atoms with Gasteiger partial charge < -0.3 is 10.4 Å². The van der Waals surface area contributed by atoms with Gasteiger partial charge in [0.05, 0.1) is 0 Å². The number of hydrogen-bond donors (Lipinski definition) is 2. The summed E-state index contributed by atoms with van der Waals surface area (Å²) in [4.78, 5) is 0. The van der Waals surface area contributed by atoms with Crippen LogP contribution in [0.5, 0.6) is 5.75 Å². The predicted octanol–water partition coefficient (Wildman–Crippen LogP) is 2.28. The van der Waals surface area contributed by atoms with Crippen molar-refractivity contribution in [3.8, 4) is 5.75 Å². The highest BCUT2D eigenvalue weighted by atomic mass is 16.3. The number of hydrogen-bond acceptors (Lipinski definition) is 2. The molecule has 0 bridgehead atoms. The van der Waals surface area contributed by atoms with Gasteiger partial charge >= 0.3 is 0 Å². The summed E-state index contributed by atoms with van der Waals surface area (Å²) in [6, 6.07) is 7.73. The van der Waals surface area contributed by atoms with Crippen LogP contribution < -0.4 is 5.32 Å². The summed E-state index contributed by atoms with van der Waals surface area (Å²) in [5, 5.41) is 13.3. The Bertz CT molecular complexity index is 350. The summed E-state index contributed by atoms with van der Waals surface area (Å²) in [5.41, 5.74) is 1.20. The van der Waals surface area contributed by atoms with Gasteiger partial charge in [0.15, 0.2) is 0 Å². The first-order chi connectivity index (χ1) is 7.14. The largest absolute Gasteiger partial charge is 0.508 e. The highest BCUT2D eigenvalue weighted by Crippen LogP contribution is 2.40. The van der Waals surface area contributed by atoms with Crippen molar-refractivity contribution in [1.82, 2.24) is 5.32 Å². The molecule has 2 heteroatoms. The SMILES string of the molecule is CC1CNCCC1(C)c1ccccc1O. The summed E-state index contributed by atoms with van der Waals surface area (Å²) >= 11 is 0. The van der Waals surface area contributed by atoms with Gasteiger partial charge in [-0.05, 0) is 31.5 Å². The van der Waals surface area contributed by atoms with E-state index in [1.54, 1.807) is 6.07 Å². The molecule has 2 atom stereocenters. The van der Waals surface area contributed by atoms with Crippen LogP contribution in [-0.2, 0) is 5.41 Å². The van der Waals surface area contributed by atoms with Crippen molar-refractivity contribution in [3.63, 3.8) is 0 Å². The van der Waals surface area contributed by atoms with Crippen LogP contribution in [0.25, 0.3) is 0 Å². The molecule has 0 saturated carbocycles. The van der Waals surface area contributed by atoms with Gasteiger partial charge in [-0.15, -0.1) is 0 Å². The van der Waals surface area contributed by atoms with E-state index in [0.29, 0.717) is 11.7 Å². The maximum Gasteiger partial charge on any atom is 0.119 e. The molecule has 1 saturated heterocycles. The van der Waals surface area contributed by atoms with Crippen molar-refractivity contribution in [1.29, 1.82) is 0 Å². The molecule has 1 aliphatic rings. The second kappa shape index (κ2) is 3.86. The van der Waals surface area contributed by atoms with Gasteiger partial charge in [-0.2, -0.15) is 0 Å². The van der Waals surface area contributed by atoms with Crippen molar-refractivity contribution in [2.24, 2.45) is 5.92 Å². The van der Waals surface area contributed by atoms with E-state index in [0.717, 1.165) is 25.1 Å². The number of benzene rings is 1. The van der Waals surface area contributed by atoms with E-state index in [9.17, 15) is 5.11 Å². The molecule has 0 spiro atoms. The summed E-state index contributed by atoms with van der Waals surface area (Å²) in [7, 11) is 0. The summed E-state index contributed by atoms with van der Waals surface area (Å²) in [5.74, 6) is 0.994. The van der Waals surface area contributed by atoms with Gasteiger partial charge in [0.25, 0.3) is 0 Å². The number of phenolic OH excluding ortho intramolecular Hbond substituents is 1. The Kier molecular flexibility index (Phi) is 2.70. The van der Waals surface area contributed by atoms with Crippen molar-refractivity contribution in [2.45, 2.75) is 25.7 Å². The fourth-order valence-corrected chi connectivity index (χ4v) is 2.49. The monoisotopic (exact) mass is 205 g/mol. The molecular weight excluding hydrogens is 186 g/mol. The topological polar surface area (TPSA) is 32.3 Å². The van der Waals surface area contributed by atoms with Crippen molar-refractivity contribution < 1.29 is 5.11 Å². The number of phenols is 1. The molecule has 0 aliphatic carbocycles. The Balaban J connectivity index is 2.39. The van der Waals surface area contributed by atoms with Crippen LogP contribution in [0.15, 0.2) is 24.3 Å². The van der Waals surface area contributed by atoms with Gasteiger partial charge in [-0.25, -0.2) is 0 Å². The number of nitrogens with one attached hydrogen (secondary N) is 1. The van der Waals surface area contributed by atoms with Crippen LogP contribution in [0.4, 0.5) is 0 Å². The molecule has 1 fully saturated rings. The minimum Gasteiger partial charge on any atom is -0.508 e. The summed E-state index contributed by atoms with van der Waals surface area (Å²) < 4.78 is 0. The quantitative estimate of drug-likeness (QED) is 0.737. The van der Waals surface area contributed by atoms with E-state index in [-0.39, 0.29) is 5.41 Å². The maximum atomic E-state index is 9.93. The molecule has 2 unspecified atom stereocenters. The molecule has 1 heterocycles. The minimum absolute atomic E-state index is 0.108. The molecule has 2 nitrogen and oxygen atoms in total. The van der Waals surface area contributed by atoms with Gasteiger partial charge in [0.2, 0.25) is 0 Å². The van der Waals surface area contributed by atoms with Gasteiger partial charge in [-0.3, -0.25) is 0 Å². The second-order valence-corrected chi connectivity index (χ2v) is 4.79. The molecule has 15 heavy (non-hydrogen) atoms. The van der Waals surface area contributed by atoms with Crippen LogP contribution in [0.3, 0.4) is 0 Å². The Morgan fingerprint density at radius 3 is 2.80 bits per heavy atom. The molecule has 1 aliphatic heterocycles. The first-order valence-electron chi connectivity index (χ1n) is 5.64. The molecule has 82 valence electrons. The summed E-state index contributed by atoms with van der Waals surface area (Å²) in [6.45, 7) is 6.58. The molecule has 0 radical (unpaired) electrons. The van der Waals surface area contributed by atoms with E-state index < -0.39 is 0 Å². The summed E-state index contributed by atoms with van der Waals surface area (Å²) in [6.07, 6.45) is 1.09. The fourth-order valence-electron chi connectivity index (χ4n) is 2.49. The Labute approximate surface area is 91.3 Å². The normalized spacial score (nSPS) is 31.5. The molecule has 2 N–H and O–H groups in total.